The van der Waals surface area contributed by atoms with E-state index in [1.54, 1.807) is 18.3 Å². The van der Waals surface area contributed by atoms with Gasteiger partial charge in [-0.2, -0.15) is 0 Å². The molecule has 0 aliphatic heterocycles. The first-order valence-electron chi connectivity index (χ1n) is 4.59. The summed E-state index contributed by atoms with van der Waals surface area (Å²) in [5, 5.41) is 11.7. The Morgan fingerprint density at radius 2 is 2.36 bits per heavy atom. The highest BCUT2D eigenvalue weighted by atomic mass is 79.9. The van der Waals surface area contributed by atoms with Crippen molar-refractivity contribution in [3.8, 4) is 0 Å². The Hall–Kier alpha value is 0.1000. The largest absolute Gasteiger partial charge is 0.393 e. The van der Waals surface area contributed by atoms with Gasteiger partial charge >= 0.3 is 0 Å². The molecular weight excluding hydrogens is 262 g/mol. The fourth-order valence-electron chi connectivity index (χ4n) is 1.23. The van der Waals surface area contributed by atoms with Gasteiger partial charge in [-0.3, -0.25) is 0 Å². The van der Waals surface area contributed by atoms with Crippen molar-refractivity contribution in [3.63, 3.8) is 0 Å². The van der Waals surface area contributed by atoms with Crippen molar-refractivity contribution < 1.29 is 5.11 Å². The molecule has 1 aromatic rings. The lowest BCUT2D eigenvalue weighted by molar-refractivity contribution is 0.0595. The normalized spacial score (nSPS) is 17.8. The lowest BCUT2D eigenvalue weighted by Gasteiger charge is -2.30. The van der Waals surface area contributed by atoms with Gasteiger partial charge in [0.05, 0.1) is 6.10 Å². The second-order valence-electron chi connectivity index (χ2n) is 3.94. The molecule has 1 aromatic heterocycles. The summed E-state index contributed by atoms with van der Waals surface area (Å²) in [6.07, 6.45) is 0.450. The Balaban J connectivity index is 2.75. The van der Waals surface area contributed by atoms with Crippen molar-refractivity contribution in [2.75, 3.05) is 6.54 Å². The second kappa shape index (κ2) is 4.75. The molecule has 1 heterocycles. The van der Waals surface area contributed by atoms with E-state index in [2.05, 4.69) is 22.0 Å². The monoisotopic (exact) mass is 277 g/mol. The summed E-state index contributed by atoms with van der Waals surface area (Å²) in [6, 6.07) is 2.08. The van der Waals surface area contributed by atoms with Gasteiger partial charge in [-0.1, -0.05) is 6.92 Å². The highest BCUT2D eigenvalue weighted by Crippen LogP contribution is 2.30. The van der Waals surface area contributed by atoms with Crippen LogP contribution < -0.4 is 5.73 Å². The highest BCUT2D eigenvalue weighted by Gasteiger charge is 2.29. The molecule has 1 rings (SSSR count). The molecule has 14 heavy (non-hydrogen) atoms. The van der Waals surface area contributed by atoms with Gasteiger partial charge in [0, 0.05) is 26.7 Å². The molecule has 4 heteroatoms. The van der Waals surface area contributed by atoms with Gasteiger partial charge in [0.1, 0.15) is 0 Å². The van der Waals surface area contributed by atoms with E-state index in [0.717, 1.165) is 10.9 Å². The standard InChI is InChI=1S/C10H16BrNOS/c1-7(13)10(2,6-12)4-9-3-8(11)5-14-9/h3,5,7,13H,4,6,12H2,1-2H3. The summed E-state index contributed by atoms with van der Waals surface area (Å²) in [6.45, 7) is 4.32. The van der Waals surface area contributed by atoms with Crippen LogP contribution >= 0.6 is 27.3 Å². The van der Waals surface area contributed by atoms with Gasteiger partial charge < -0.3 is 10.8 Å². The third-order valence-corrected chi connectivity index (χ3v) is 4.37. The molecule has 0 aliphatic carbocycles. The van der Waals surface area contributed by atoms with Crippen LogP contribution in [0, 0.1) is 5.41 Å². The van der Waals surface area contributed by atoms with Gasteiger partial charge in [0.15, 0.2) is 0 Å². The summed E-state index contributed by atoms with van der Waals surface area (Å²) in [4.78, 5) is 1.26. The molecule has 2 nitrogen and oxygen atoms in total. The summed E-state index contributed by atoms with van der Waals surface area (Å²) in [5.74, 6) is 0. The molecule has 2 atom stereocenters. The Labute approximate surface area is 97.3 Å². The number of rotatable bonds is 4. The van der Waals surface area contributed by atoms with Crippen LogP contribution in [-0.4, -0.2) is 17.8 Å². The summed E-state index contributed by atoms with van der Waals surface area (Å²) in [7, 11) is 0. The van der Waals surface area contributed by atoms with E-state index in [1.165, 1.54) is 4.88 Å². The molecular formula is C10H16BrNOS. The van der Waals surface area contributed by atoms with Gasteiger partial charge in [-0.05, 0) is 35.3 Å². The van der Waals surface area contributed by atoms with E-state index in [0.29, 0.717) is 6.54 Å². The van der Waals surface area contributed by atoms with E-state index in [1.807, 2.05) is 12.3 Å². The number of hydrogen-bond donors (Lipinski definition) is 2. The number of hydrogen-bond acceptors (Lipinski definition) is 3. The number of aliphatic hydroxyl groups is 1. The summed E-state index contributed by atoms with van der Waals surface area (Å²) in [5.41, 5.74) is 5.48. The molecule has 0 spiro atoms. The van der Waals surface area contributed by atoms with E-state index in [4.69, 9.17) is 5.73 Å². The van der Waals surface area contributed by atoms with Crippen molar-refractivity contribution in [3.05, 3.63) is 20.8 Å². The van der Waals surface area contributed by atoms with Crippen LogP contribution in [0.3, 0.4) is 0 Å². The van der Waals surface area contributed by atoms with Crippen molar-refractivity contribution >= 4 is 27.3 Å². The minimum absolute atomic E-state index is 0.218. The highest BCUT2D eigenvalue weighted by molar-refractivity contribution is 9.10. The van der Waals surface area contributed by atoms with Gasteiger partial charge in [0.2, 0.25) is 0 Å². The van der Waals surface area contributed by atoms with E-state index in [9.17, 15) is 5.11 Å². The van der Waals surface area contributed by atoms with Crippen LogP contribution in [0.2, 0.25) is 0 Å². The number of aliphatic hydroxyl groups excluding tert-OH is 1. The average Bonchev–Trinajstić information content (AvgIpc) is 2.50. The third kappa shape index (κ3) is 2.79. The first-order valence-corrected chi connectivity index (χ1v) is 6.26. The van der Waals surface area contributed by atoms with Crippen LogP contribution in [0.4, 0.5) is 0 Å². The summed E-state index contributed by atoms with van der Waals surface area (Å²) < 4.78 is 1.10. The zero-order valence-corrected chi connectivity index (χ0v) is 10.9. The smallest absolute Gasteiger partial charge is 0.0581 e. The Kier molecular flexibility index (Phi) is 4.13. The molecule has 0 aromatic carbocycles. The van der Waals surface area contributed by atoms with Crippen molar-refractivity contribution in [1.82, 2.24) is 0 Å². The average molecular weight is 278 g/mol. The Morgan fingerprint density at radius 3 is 2.71 bits per heavy atom. The van der Waals surface area contributed by atoms with E-state index in [-0.39, 0.29) is 11.5 Å². The van der Waals surface area contributed by atoms with Crippen LogP contribution in [0.5, 0.6) is 0 Å². The van der Waals surface area contributed by atoms with E-state index >= 15 is 0 Å². The first kappa shape index (κ1) is 12.2. The quantitative estimate of drug-likeness (QED) is 0.888. The van der Waals surface area contributed by atoms with Gasteiger partial charge in [0.25, 0.3) is 0 Å². The molecule has 0 bridgehead atoms. The second-order valence-corrected chi connectivity index (χ2v) is 5.85. The van der Waals surface area contributed by atoms with Crippen LogP contribution in [-0.2, 0) is 6.42 Å². The molecule has 2 unspecified atom stereocenters. The van der Waals surface area contributed by atoms with Gasteiger partial charge in [-0.25, -0.2) is 0 Å². The molecule has 0 amide bonds. The number of halogens is 1. The lowest BCUT2D eigenvalue weighted by Crippen LogP contribution is -2.39. The molecule has 0 saturated carbocycles. The first-order chi connectivity index (χ1) is 6.48. The van der Waals surface area contributed by atoms with Crippen molar-refractivity contribution in [1.29, 1.82) is 0 Å². The number of thiophene rings is 1. The summed E-state index contributed by atoms with van der Waals surface area (Å²) >= 11 is 5.11. The predicted molar refractivity (Wildman–Crippen MR) is 64.6 cm³/mol. The lowest BCUT2D eigenvalue weighted by atomic mass is 9.81. The molecule has 3 N–H and O–H groups in total. The molecule has 0 aliphatic rings. The van der Waals surface area contributed by atoms with Gasteiger partial charge in [-0.15, -0.1) is 11.3 Å². The minimum Gasteiger partial charge on any atom is -0.393 e. The van der Waals surface area contributed by atoms with Crippen LogP contribution in [0.1, 0.15) is 18.7 Å². The molecule has 0 saturated heterocycles. The SMILES string of the molecule is CC(O)C(C)(CN)Cc1cc(Br)cs1. The Bertz CT molecular complexity index is 300. The zero-order chi connectivity index (χ0) is 10.8. The van der Waals surface area contributed by atoms with Crippen LogP contribution in [0.25, 0.3) is 0 Å². The zero-order valence-electron chi connectivity index (χ0n) is 8.46. The maximum Gasteiger partial charge on any atom is 0.0581 e. The fraction of sp³-hybridized carbons (Fsp3) is 0.600. The van der Waals surface area contributed by atoms with Crippen LogP contribution in [0.15, 0.2) is 15.9 Å². The van der Waals surface area contributed by atoms with E-state index < -0.39 is 0 Å². The minimum atomic E-state index is -0.381. The predicted octanol–water partition coefficient (Wildman–Crippen LogP) is 2.40. The third-order valence-electron chi connectivity index (χ3n) is 2.67. The van der Waals surface area contributed by atoms with Crippen molar-refractivity contribution in [2.45, 2.75) is 26.4 Å². The Morgan fingerprint density at radius 1 is 1.71 bits per heavy atom. The molecule has 0 radical (unpaired) electrons. The van der Waals surface area contributed by atoms with Crippen molar-refractivity contribution in [2.24, 2.45) is 11.1 Å². The molecule has 0 fully saturated rings. The number of nitrogens with two attached hydrogens (primary N) is 1. The maximum atomic E-state index is 9.65. The maximum absolute atomic E-state index is 9.65. The topological polar surface area (TPSA) is 46.2 Å². The molecule has 80 valence electrons. The fourth-order valence-corrected chi connectivity index (χ4v) is 2.88.